The van der Waals surface area contributed by atoms with Crippen LogP contribution >= 0.6 is 11.8 Å². The van der Waals surface area contributed by atoms with Gasteiger partial charge >= 0.3 is 5.97 Å². The van der Waals surface area contributed by atoms with E-state index in [0.717, 1.165) is 0 Å². The first-order valence-corrected chi connectivity index (χ1v) is 12.6. The SMILES string of the molecule is C/C=C\C1=C(C(=O)N[C@H](C(=O)O)c2ccc(O)cc2)N2C(=O)[C@@H](NC(=O)[C@H](N)c3ccc(O)cc3)[C@H]2SC1. The number of rotatable bonds is 8. The van der Waals surface area contributed by atoms with Gasteiger partial charge in [-0.15, -0.1) is 11.8 Å². The zero-order chi connectivity index (χ0) is 27.6. The summed E-state index contributed by atoms with van der Waals surface area (Å²) in [5, 5.41) is 33.2. The molecule has 0 radical (unpaired) electrons. The van der Waals surface area contributed by atoms with E-state index in [4.69, 9.17) is 5.73 Å². The van der Waals surface area contributed by atoms with Gasteiger partial charge in [-0.2, -0.15) is 0 Å². The van der Waals surface area contributed by atoms with Crippen LogP contribution in [0.25, 0.3) is 0 Å². The van der Waals surface area contributed by atoms with Gasteiger partial charge in [0.15, 0.2) is 6.04 Å². The molecule has 1 saturated heterocycles. The maximum Gasteiger partial charge on any atom is 0.330 e. The van der Waals surface area contributed by atoms with Crippen LogP contribution in [0.4, 0.5) is 0 Å². The smallest absolute Gasteiger partial charge is 0.330 e. The summed E-state index contributed by atoms with van der Waals surface area (Å²) in [4.78, 5) is 52.5. The van der Waals surface area contributed by atoms with Crippen LogP contribution in [0.3, 0.4) is 0 Å². The minimum absolute atomic E-state index is 0.00945. The Hall–Kier alpha value is -4.29. The topological polar surface area (TPSA) is 182 Å². The highest BCUT2D eigenvalue weighted by atomic mass is 32.2. The summed E-state index contributed by atoms with van der Waals surface area (Å²) in [7, 11) is 0. The molecule has 0 unspecified atom stereocenters. The van der Waals surface area contributed by atoms with Gasteiger partial charge in [0.2, 0.25) is 5.91 Å². The normalized spacial score (nSPS) is 20.4. The third-order valence-corrected chi connectivity index (χ3v) is 7.46. The number of nitrogens with two attached hydrogens (primary N) is 1. The molecule has 2 heterocycles. The molecule has 11 nitrogen and oxygen atoms in total. The van der Waals surface area contributed by atoms with Gasteiger partial charge in [0.25, 0.3) is 11.8 Å². The number of aromatic hydroxyl groups is 2. The van der Waals surface area contributed by atoms with Crippen molar-refractivity contribution >= 4 is 35.5 Å². The molecule has 0 spiro atoms. The molecule has 0 saturated carbocycles. The minimum atomic E-state index is -1.43. The molecule has 1 fully saturated rings. The van der Waals surface area contributed by atoms with E-state index in [1.165, 1.54) is 65.2 Å². The lowest BCUT2D eigenvalue weighted by Gasteiger charge is -2.50. The van der Waals surface area contributed by atoms with E-state index in [9.17, 15) is 34.5 Å². The molecule has 4 rings (SSSR count). The number of phenols is 2. The molecular formula is C26H26N4O7S. The third kappa shape index (κ3) is 5.22. The average Bonchev–Trinajstić information content (AvgIpc) is 2.90. The molecular weight excluding hydrogens is 512 g/mol. The maximum atomic E-state index is 13.4. The molecule has 0 aliphatic carbocycles. The number of nitrogens with zero attached hydrogens (tertiary/aromatic N) is 1. The minimum Gasteiger partial charge on any atom is -0.508 e. The Bertz CT molecular complexity index is 1320. The first-order chi connectivity index (χ1) is 18.1. The number of carbonyl (C=O) groups is 4. The van der Waals surface area contributed by atoms with Gasteiger partial charge in [0.05, 0.1) is 0 Å². The van der Waals surface area contributed by atoms with Crippen molar-refractivity contribution in [3.63, 3.8) is 0 Å². The standard InChI is InChI=1S/C26H26N4O7S/c1-2-3-15-12-38-25-20(29-22(33)18(27)13-4-8-16(31)9-5-13)24(35)30(25)21(15)23(34)28-19(26(36)37)14-6-10-17(32)11-7-14/h2-11,18-20,25,31-32H,12,27H2,1H3,(H,28,34)(H,29,33)(H,36,37)/b3-2-/t18-,19+,20-,25-/m1/s1. The zero-order valence-electron chi connectivity index (χ0n) is 20.2. The van der Waals surface area contributed by atoms with E-state index >= 15 is 0 Å². The second-order valence-electron chi connectivity index (χ2n) is 8.68. The summed E-state index contributed by atoms with van der Waals surface area (Å²) in [6.45, 7) is 1.75. The first-order valence-electron chi connectivity index (χ1n) is 11.6. The molecule has 7 N–H and O–H groups in total. The average molecular weight is 539 g/mol. The van der Waals surface area contributed by atoms with Crippen molar-refractivity contribution in [3.05, 3.63) is 83.1 Å². The second-order valence-corrected chi connectivity index (χ2v) is 9.78. The summed E-state index contributed by atoms with van der Waals surface area (Å²) in [5.74, 6) is -2.90. The summed E-state index contributed by atoms with van der Waals surface area (Å²) >= 11 is 1.35. The van der Waals surface area contributed by atoms with Gasteiger partial charge in [-0.1, -0.05) is 36.4 Å². The Kier molecular flexibility index (Phi) is 7.74. The molecule has 2 aromatic rings. The van der Waals surface area contributed by atoms with Crippen molar-refractivity contribution in [2.45, 2.75) is 30.4 Å². The number of fused-ring (bicyclic) bond motifs is 1. The number of carbonyl (C=O) groups excluding carboxylic acids is 3. The van der Waals surface area contributed by atoms with Crippen molar-refractivity contribution in [1.29, 1.82) is 0 Å². The number of β-lactam (4-membered cyclic amide) rings is 1. The summed E-state index contributed by atoms with van der Waals surface area (Å²) < 4.78 is 0. The predicted molar refractivity (Wildman–Crippen MR) is 139 cm³/mol. The zero-order valence-corrected chi connectivity index (χ0v) is 21.0. The number of carboxylic acids is 1. The van der Waals surface area contributed by atoms with E-state index in [1.807, 2.05) is 0 Å². The van der Waals surface area contributed by atoms with Crippen LogP contribution in [-0.4, -0.2) is 61.1 Å². The van der Waals surface area contributed by atoms with Crippen molar-refractivity contribution in [2.24, 2.45) is 5.73 Å². The van der Waals surface area contributed by atoms with Crippen LogP contribution in [0.15, 0.2) is 72.0 Å². The molecule has 0 aromatic heterocycles. The van der Waals surface area contributed by atoms with Crippen molar-refractivity contribution < 1.29 is 34.5 Å². The van der Waals surface area contributed by atoms with E-state index in [2.05, 4.69) is 10.6 Å². The fraction of sp³-hybridized carbons (Fsp3) is 0.231. The van der Waals surface area contributed by atoms with Crippen LogP contribution in [0.2, 0.25) is 0 Å². The Balaban J connectivity index is 1.53. The number of allylic oxidation sites excluding steroid dienone is 2. The second kappa shape index (κ2) is 11.0. The van der Waals surface area contributed by atoms with E-state index in [0.29, 0.717) is 16.9 Å². The highest BCUT2D eigenvalue weighted by Crippen LogP contribution is 2.41. The highest BCUT2D eigenvalue weighted by molar-refractivity contribution is 8.00. The van der Waals surface area contributed by atoms with Crippen LogP contribution in [-0.2, 0) is 19.2 Å². The maximum absolute atomic E-state index is 13.4. The third-order valence-electron chi connectivity index (χ3n) is 6.16. The van der Waals surface area contributed by atoms with Gasteiger partial charge < -0.3 is 31.7 Å². The Labute approximate surface area is 222 Å². The summed E-state index contributed by atoms with van der Waals surface area (Å²) in [5.41, 5.74) is 7.26. The predicted octanol–water partition coefficient (Wildman–Crippen LogP) is 1.27. The van der Waals surface area contributed by atoms with Crippen molar-refractivity contribution in [2.75, 3.05) is 5.75 Å². The Morgan fingerprint density at radius 3 is 2.18 bits per heavy atom. The number of aliphatic carboxylic acids is 1. The molecule has 12 heteroatoms. The Morgan fingerprint density at radius 2 is 1.63 bits per heavy atom. The largest absolute Gasteiger partial charge is 0.508 e. The molecule has 0 bridgehead atoms. The molecule has 4 atom stereocenters. The Morgan fingerprint density at radius 1 is 1.05 bits per heavy atom. The lowest BCUT2D eigenvalue weighted by Crippen LogP contribution is -2.71. The van der Waals surface area contributed by atoms with Gasteiger partial charge in [0.1, 0.15) is 34.7 Å². The summed E-state index contributed by atoms with van der Waals surface area (Å²) in [6, 6.07) is 7.76. The molecule has 38 heavy (non-hydrogen) atoms. The van der Waals surface area contributed by atoms with Crippen molar-refractivity contribution in [3.8, 4) is 11.5 Å². The van der Waals surface area contributed by atoms with Gasteiger partial charge in [-0.05, 0) is 47.9 Å². The lowest BCUT2D eigenvalue weighted by molar-refractivity contribution is -0.148. The molecule has 198 valence electrons. The highest BCUT2D eigenvalue weighted by Gasteiger charge is 2.54. The van der Waals surface area contributed by atoms with E-state index in [-0.39, 0.29) is 22.8 Å². The summed E-state index contributed by atoms with van der Waals surface area (Å²) in [6.07, 6.45) is 3.38. The van der Waals surface area contributed by atoms with Gasteiger partial charge in [-0.25, -0.2) is 4.79 Å². The number of hydrogen-bond donors (Lipinski definition) is 6. The first kappa shape index (κ1) is 26.8. The van der Waals surface area contributed by atoms with Crippen LogP contribution in [0.1, 0.15) is 30.1 Å². The van der Waals surface area contributed by atoms with Gasteiger partial charge in [-0.3, -0.25) is 19.3 Å². The molecule has 2 aliphatic rings. The number of carboxylic acid groups (broad SMARTS) is 1. The fourth-order valence-corrected chi connectivity index (χ4v) is 5.54. The quantitative estimate of drug-likeness (QED) is 0.270. The number of phenolic OH excluding ortho intramolecular Hbond substituents is 2. The van der Waals surface area contributed by atoms with E-state index < -0.39 is 47.2 Å². The molecule has 3 amide bonds. The van der Waals surface area contributed by atoms with Crippen molar-refractivity contribution in [1.82, 2.24) is 15.5 Å². The number of nitrogens with one attached hydrogen (secondary N) is 2. The number of thioether (sulfide) groups is 1. The number of amides is 3. The van der Waals surface area contributed by atoms with Crippen LogP contribution < -0.4 is 16.4 Å². The van der Waals surface area contributed by atoms with Crippen LogP contribution in [0, 0.1) is 0 Å². The number of benzene rings is 2. The lowest BCUT2D eigenvalue weighted by atomic mass is 10.00. The van der Waals surface area contributed by atoms with E-state index in [1.54, 1.807) is 19.1 Å². The van der Waals surface area contributed by atoms with Crippen LogP contribution in [0.5, 0.6) is 11.5 Å². The molecule has 2 aliphatic heterocycles. The van der Waals surface area contributed by atoms with Gasteiger partial charge in [0, 0.05) is 5.75 Å². The number of hydrogen-bond acceptors (Lipinski definition) is 8. The fourth-order valence-electron chi connectivity index (χ4n) is 4.22. The molecule has 2 aromatic carbocycles. The monoisotopic (exact) mass is 538 g/mol.